The standard InChI is InChI=1S/C7H6F.3C6H2Cl3.Sn/c1-6-2-4-7(8)5-3-6;3*7-4-2-1-3-5(8)6(4)9;/h2-5H,1H2;3*2-3H;. The average molecular weight is 769 g/mol. The first kappa shape index (κ1) is 29.2. The van der Waals surface area contributed by atoms with Crippen LogP contribution in [0.25, 0.3) is 0 Å². The van der Waals surface area contributed by atoms with E-state index in [0.717, 1.165) is 16.3 Å². The number of halogens is 10. The monoisotopic (exact) mass is 766 g/mol. The molecule has 0 atom stereocenters. The van der Waals surface area contributed by atoms with Crippen LogP contribution in [0.5, 0.6) is 0 Å². The fourth-order valence-corrected chi connectivity index (χ4v) is 21.2. The third-order valence-electron chi connectivity index (χ3n) is 5.81. The van der Waals surface area contributed by atoms with Crippen molar-refractivity contribution in [2.24, 2.45) is 0 Å². The van der Waals surface area contributed by atoms with Crippen molar-refractivity contribution < 1.29 is 4.39 Å². The minimum absolute atomic E-state index is 0.225. The van der Waals surface area contributed by atoms with E-state index in [1.165, 1.54) is 12.1 Å². The van der Waals surface area contributed by atoms with E-state index >= 15 is 0 Å². The SMILES string of the molecule is Fc1ccc([CH2][Sn]([c]2cc(Cl)c(Cl)c(Cl)c2)([c]2cc(Cl)c(Cl)c(Cl)c2)[c]2cc(Cl)c(Cl)c(Cl)c2)cc1. The van der Waals surface area contributed by atoms with Gasteiger partial charge in [0.2, 0.25) is 0 Å². The second-order valence-corrected chi connectivity index (χ2v) is 22.7. The van der Waals surface area contributed by atoms with Crippen molar-refractivity contribution in [3.8, 4) is 0 Å². The van der Waals surface area contributed by atoms with Gasteiger partial charge in [0, 0.05) is 0 Å². The first-order valence-corrected chi connectivity index (χ1v) is 19.8. The first-order valence-electron chi connectivity index (χ1n) is 10.1. The molecule has 4 aromatic carbocycles. The van der Waals surface area contributed by atoms with Gasteiger partial charge < -0.3 is 0 Å². The molecule has 0 fully saturated rings. The molecule has 11 heteroatoms. The van der Waals surface area contributed by atoms with Gasteiger partial charge >= 0.3 is 260 Å². The van der Waals surface area contributed by atoms with E-state index in [2.05, 4.69) is 0 Å². The van der Waals surface area contributed by atoms with E-state index < -0.39 is 18.4 Å². The van der Waals surface area contributed by atoms with E-state index in [1.54, 1.807) is 48.5 Å². The molecule has 0 aromatic heterocycles. The third-order valence-corrected chi connectivity index (χ3v) is 23.0. The van der Waals surface area contributed by atoms with Crippen LogP contribution >= 0.6 is 104 Å². The maximum absolute atomic E-state index is 13.8. The second kappa shape index (κ2) is 11.8. The van der Waals surface area contributed by atoms with Crippen LogP contribution in [0.3, 0.4) is 0 Å². The molecule has 0 aliphatic rings. The van der Waals surface area contributed by atoms with Crippen LogP contribution in [0.1, 0.15) is 5.56 Å². The van der Waals surface area contributed by atoms with Crippen molar-refractivity contribution in [1.29, 1.82) is 0 Å². The van der Waals surface area contributed by atoms with Crippen LogP contribution in [-0.2, 0) is 4.44 Å². The molecule has 0 radical (unpaired) electrons. The topological polar surface area (TPSA) is 0 Å². The molecule has 0 saturated carbocycles. The third kappa shape index (κ3) is 5.72. The zero-order chi connectivity index (χ0) is 26.4. The number of benzene rings is 4. The molecule has 0 bridgehead atoms. The summed E-state index contributed by atoms with van der Waals surface area (Å²) in [6.07, 6.45) is 0. The number of rotatable bonds is 5. The fraction of sp³-hybridized carbons (Fsp3) is 0.0400. The van der Waals surface area contributed by atoms with Gasteiger partial charge in [-0.1, -0.05) is 0 Å². The Balaban J connectivity index is 2.18. The van der Waals surface area contributed by atoms with Gasteiger partial charge in [-0.3, -0.25) is 0 Å². The molecule has 4 rings (SSSR count). The van der Waals surface area contributed by atoms with Crippen LogP contribution in [0, 0.1) is 5.82 Å². The second-order valence-electron chi connectivity index (χ2n) is 7.97. The average Bonchev–Trinajstić information content (AvgIpc) is 2.83. The van der Waals surface area contributed by atoms with E-state index in [1.807, 2.05) is 0 Å². The minimum atomic E-state index is -4.34. The van der Waals surface area contributed by atoms with Gasteiger partial charge in [0.05, 0.1) is 0 Å². The molecule has 0 N–H and O–H groups in total. The van der Waals surface area contributed by atoms with Crippen LogP contribution in [0.15, 0.2) is 60.7 Å². The summed E-state index contributed by atoms with van der Waals surface area (Å²) in [5.41, 5.74) is 0.860. The van der Waals surface area contributed by atoms with Gasteiger partial charge in [0.15, 0.2) is 0 Å². The Morgan fingerprint density at radius 2 is 0.750 bits per heavy atom. The van der Waals surface area contributed by atoms with Crippen LogP contribution in [0.2, 0.25) is 45.2 Å². The van der Waals surface area contributed by atoms with Gasteiger partial charge in [-0.05, 0) is 0 Å². The Bertz CT molecular complexity index is 1260. The van der Waals surface area contributed by atoms with Crippen molar-refractivity contribution >= 4 is 134 Å². The molecule has 36 heavy (non-hydrogen) atoms. The van der Waals surface area contributed by atoms with Crippen LogP contribution in [0.4, 0.5) is 4.39 Å². The summed E-state index contributed by atoms with van der Waals surface area (Å²) in [4.78, 5) is 0. The molecule has 4 aromatic rings. The Kier molecular flexibility index (Phi) is 9.54. The summed E-state index contributed by atoms with van der Waals surface area (Å²) in [5, 5.41) is 2.32. The summed E-state index contributed by atoms with van der Waals surface area (Å²) in [6, 6.07) is 16.9. The molecule has 0 nitrogen and oxygen atoms in total. The molecule has 0 amide bonds. The van der Waals surface area contributed by atoms with Gasteiger partial charge in [-0.2, -0.15) is 0 Å². The zero-order valence-corrected chi connectivity index (χ0v) is 27.4. The van der Waals surface area contributed by atoms with Crippen molar-refractivity contribution in [2.45, 2.75) is 4.44 Å². The van der Waals surface area contributed by atoms with E-state index in [9.17, 15) is 4.39 Å². The van der Waals surface area contributed by atoms with Crippen LogP contribution in [-0.4, -0.2) is 18.4 Å². The Morgan fingerprint density at radius 1 is 0.472 bits per heavy atom. The molecule has 0 unspecified atom stereocenters. The zero-order valence-electron chi connectivity index (χ0n) is 17.8. The summed E-state index contributed by atoms with van der Waals surface area (Å²) < 4.78 is 16.8. The molecular formula is C25H12Cl9FSn. The molecule has 186 valence electrons. The van der Waals surface area contributed by atoms with Crippen LogP contribution < -0.4 is 10.7 Å². The normalized spacial score (nSPS) is 11.7. The van der Waals surface area contributed by atoms with E-state index in [4.69, 9.17) is 104 Å². The summed E-state index contributed by atoms with van der Waals surface area (Å²) in [7, 11) is 0. The van der Waals surface area contributed by atoms with Gasteiger partial charge in [-0.25, -0.2) is 0 Å². The summed E-state index contributed by atoms with van der Waals surface area (Å²) in [6.45, 7) is 0. The molecule has 0 spiro atoms. The number of hydrogen-bond donors (Lipinski definition) is 0. The fourth-order valence-electron chi connectivity index (χ4n) is 4.12. The molecule has 0 aliphatic heterocycles. The van der Waals surface area contributed by atoms with Crippen molar-refractivity contribution in [3.63, 3.8) is 0 Å². The van der Waals surface area contributed by atoms with E-state index in [0.29, 0.717) is 4.44 Å². The molecule has 0 saturated heterocycles. The predicted molar refractivity (Wildman–Crippen MR) is 159 cm³/mol. The van der Waals surface area contributed by atoms with Gasteiger partial charge in [-0.15, -0.1) is 0 Å². The van der Waals surface area contributed by atoms with Crippen molar-refractivity contribution in [1.82, 2.24) is 0 Å². The maximum atomic E-state index is 13.8. The summed E-state index contributed by atoms with van der Waals surface area (Å²) >= 11 is 53.7. The summed E-state index contributed by atoms with van der Waals surface area (Å²) in [5.74, 6) is -0.354. The Hall–Kier alpha value is 0.219. The van der Waals surface area contributed by atoms with Crippen molar-refractivity contribution in [3.05, 3.63) is 117 Å². The predicted octanol–water partition coefficient (Wildman–Crippen LogP) is 9.96. The van der Waals surface area contributed by atoms with E-state index in [-0.39, 0.29) is 51.0 Å². The number of hydrogen-bond acceptors (Lipinski definition) is 0. The van der Waals surface area contributed by atoms with Gasteiger partial charge in [0.25, 0.3) is 0 Å². The molecular weight excluding hydrogens is 757 g/mol. The molecule has 0 heterocycles. The Morgan fingerprint density at radius 3 is 1.03 bits per heavy atom. The van der Waals surface area contributed by atoms with Gasteiger partial charge in [0.1, 0.15) is 0 Å². The molecule has 0 aliphatic carbocycles. The first-order chi connectivity index (χ1) is 16.9. The van der Waals surface area contributed by atoms with Crippen molar-refractivity contribution in [2.75, 3.05) is 0 Å². The quantitative estimate of drug-likeness (QED) is 0.140. The Labute approximate surface area is 256 Å².